The molecule has 0 spiro atoms. The van der Waals surface area contributed by atoms with Crippen LogP contribution in [-0.2, 0) is 9.53 Å². The highest BCUT2D eigenvalue weighted by Gasteiger charge is 2.34. The molecule has 2 aliphatic rings. The van der Waals surface area contributed by atoms with E-state index in [-0.39, 0.29) is 0 Å². The summed E-state index contributed by atoms with van der Waals surface area (Å²) in [7, 11) is 1.70. The summed E-state index contributed by atoms with van der Waals surface area (Å²) in [6.45, 7) is 5.79. The predicted octanol–water partition coefficient (Wildman–Crippen LogP) is 1.65. The molecular weight excluding hydrogens is 240 g/mol. The Hall–Kier alpha value is -0.610. The van der Waals surface area contributed by atoms with Crippen LogP contribution in [0.4, 0.5) is 0 Å². The second-order valence-corrected chi connectivity index (χ2v) is 6.06. The van der Waals surface area contributed by atoms with Crippen molar-refractivity contribution in [2.75, 3.05) is 33.4 Å². The van der Waals surface area contributed by atoms with E-state index in [2.05, 4.69) is 17.1 Å². The third kappa shape index (κ3) is 4.46. The van der Waals surface area contributed by atoms with Crippen LogP contribution in [-0.4, -0.2) is 50.2 Å². The molecule has 4 nitrogen and oxygen atoms in total. The topological polar surface area (TPSA) is 41.6 Å². The highest BCUT2D eigenvalue weighted by atomic mass is 16.5. The summed E-state index contributed by atoms with van der Waals surface area (Å²) in [5.41, 5.74) is 0. The lowest BCUT2D eigenvalue weighted by Crippen LogP contribution is -2.42. The van der Waals surface area contributed by atoms with Crippen LogP contribution in [0, 0.1) is 11.8 Å². The second-order valence-electron chi connectivity index (χ2n) is 6.06. The van der Waals surface area contributed by atoms with Gasteiger partial charge in [0.15, 0.2) is 0 Å². The van der Waals surface area contributed by atoms with Crippen molar-refractivity contribution in [3.63, 3.8) is 0 Å². The number of ether oxygens (including phenoxy) is 1. The van der Waals surface area contributed by atoms with Crippen molar-refractivity contribution in [1.82, 2.24) is 10.2 Å². The van der Waals surface area contributed by atoms with Gasteiger partial charge in [0, 0.05) is 26.1 Å². The zero-order valence-corrected chi connectivity index (χ0v) is 12.4. The molecule has 19 heavy (non-hydrogen) atoms. The number of methoxy groups -OCH3 is 1. The van der Waals surface area contributed by atoms with E-state index in [4.69, 9.17) is 4.74 Å². The van der Waals surface area contributed by atoms with Crippen LogP contribution >= 0.6 is 0 Å². The lowest BCUT2D eigenvalue weighted by molar-refractivity contribution is -0.134. The molecule has 0 aromatic rings. The maximum absolute atomic E-state index is 12.4. The van der Waals surface area contributed by atoms with E-state index >= 15 is 0 Å². The molecule has 1 saturated heterocycles. The molecule has 2 unspecified atom stereocenters. The van der Waals surface area contributed by atoms with Crippen molar-refractivity contribution >= 4 is 5.91 Å². The molecule has 1 saturated carbocycles. The number of carbonyl (C=O) groups is 1. The number of hydrogen-bond donors (Lipinski definition) is 1. The monoisotopic (exact) mass is 268 g/mol. The molecule has 1 N–H and O–H groups in total. The SMILES string of the molecule is COCCN(C(=O)CCC1CCNC1)C(C)C1CC1. The standard InChI is InChI=1S/C15H28N2O2/c1-12(14-4-5-14)17(9-10-19-2)15(18)6-3-13-7-8-16-11-13/h12-14,16H,3-11H2,1-2H3. The molecule has 1 aliphatic heterocycles. The van der Waals surface area contributed by atoms with Crippen molar-refractivity contribution in [1.29, 1.82) is 0 Å². The molecule has 1 heterocycles. The molecule has 1 aliphatic carbocycles. The minimum atomic E-state index is 0.323. The Labute approximate surface area is 116 Å². The molecule has 0 aromatic carbocycles. The maximum atomic E-state index is 12.4. The van der Waals surface area contributed by atoms with Gasteiger partial charge < -0.3 is 15.0 Å². The zero-order chi connectivity index (χ0) is 13.7. The van der Waals surface area contributed by atoms with Gasteiger partial charge in [-0.3, -0.25) is 4.79 Å². The Kier molecular flexibility index (Phi) is 5.64. The Morgan fingerprint density at radius 3 is 2.79 bits per heavy atom. The van der Waals surface area contributed by atoms with Crippen LogP contribution in [0.5, 0.6) is 0 Å². The van der Waals surface area contributed by atoms with Crippen LogP contribution in [0.2, 0.25) is 0 Å². The van der Waals surface area contributed by atoms with Gasteiger partial charge in [-0.25, -0.2) is 0 Å². The number of amides is 1. The minimum Gasteiger partial charge on any atom is -0.383 e. The maximum Gasteiger partial charge on any atom is 0.222 e. The van der Waals surface area contributed by atoms with E-state index in [9.17, 15) is 4.79 Å². The molecule has 2 rings (SSSR count). The summed E-state index contributed by atoms with van der Waals surface area (Å²) in [6, 6.07) is 0.393. The van der Waals surface area contributed by atoms with Gasteiger partial charge in [-0.15, -0.1) is 0 Å². The summed E-state index contributed by atoms with van der Waals surface area (Å²) in [6.07, 6.45) is 5.53. The number of hydrogen-bond acceptors (Lipinski definition) is 3. The molecule has 2 atom stereocenters. The minimum absolute atomic E-state index is 0.323. The molecule has 0 bridgehead atoms. The van der Waals surface area contributed by atoms with Gasteiger partial charge in [-0.1, -0.05) is 0 Å². The van der Waals surface area contributed by atoms with Crippen molar-refractivity contribution < 1.29 is 9.53 Å². The summed E-state index contributed by atoms with van der Waals surface area (Å²) < 4.78 is 5.15. The third-order valence-electron chi connectivity index (χ3n) is 4.58. The third-order valence-corrected chi connectivity index (χ3v) is 4.58. The Morgan fingerprint density at radius 1 is 1.42 bits per heavy atom. The van der Waals surface area contributed by atoms with E-state index in [0.717, 1.165) is 32.0 Å². The number of nitrogens with zero attached hydrogens (tertiary/aromatic N) is 1. The summed E-state index contributed by atoms with van der Waals surface area (Å²) >= 11 is 0. The van der Waals surface area contributed by atoms with Gasteiger partial charge in [0.25, 0.3) is 0 Å². The van der Waals surface area contributed by atoms with Crippen LogP contribution in [0.1, 0.15) is 39.0 Å². The zero-order valence-electron chi connectivity index (χ0n) is 12.4. The molecule has 2 fully saturated rings. The van der Waals surface area contributed by atoms with Gasteiger partial charge in [0.05, 0.1) is 6.61 Å². The molecule has 1 amide bonds. The summed E-state index contributed by atoms with van der Waals surface area (Å²) in [4.78, 5) is 14.5. The number of carbonyl (C=O) groups excluding carboxylic acids is 1. The van der Waals surface area contributed by atoms with Crippen molar-refractivity contribution in [2.24, 2.45) is 11.8 Å². The molecule has 0 radical (unpaired) electrons. The highest BCUT2D eigenvalue weighted by molar-refractivity contribution is 5.76. The normalized spacial score (nSPS) is 24.4. The average Bonchev–Trinajstić information content (AvgIpc) is 3.13. The largest absolute Gasteiger partial charge is 0.383 e. The smallest absolute Gasteiger partial charge is 0.222 e. The summed E-state index contributed by atoms with van der Waals surface area (Å²) in [5.74, 6) is 1.75. The van der Waals surface area contributed by atoms with E-state index < -0.39 is 0 Å². The van der Waals surface area contributed by atoms with Gasteiger partial charge in [0.2, 0.25) is 5.91 Å². The van der Waals surface area contributed by atoms with E-state index in [1.807, 2.05) is 0 Å². The van der Waals surface area contributed by atoms with Gasteiger partial charge >= 0.3 is 0 Å². The molecule has 110 valence electrons. The van der Waals surface area contributed by atoms with Gasteiger partial charge in [0.1, 0.15) is 0 Å². The Bertz CT molecular complexity index is 286. The Balaban J connectivity index is 1.79. The first-order valence-corrected chi connectivity index (χ1v) is 7.71. The van der Waals surface area contributed by atoms with Crippen molar-refractivity contribution in [2.45, 2.75) is 45.1 Å². The van der Waals surface area contributed by atoms with Gasteiger partial charge in [-0.05, 0) is 57.5 Å². The Morgan fingerprint density at radius 2 is 2.21 bits per heavy atom. The number of nitrogens with one attached hydrogen (secondary N) is 1. The first-order valence-electron chi connectivity index (χ1n) is 7.71. The molecule has 4 heteroatoms. The molecule has 0 aromatic heterocycles. The van der Waals surface area contributed by atoms with Crippen LogP contribution in [0.3, 0.4) is 0 Å². The van der Waals surface area contributed by atoms with E-state index in [0.29, 0.717) is 30.9 Å². The van der Waals surface area contributed by atoms with Crippen LogP contribution in [0.25, 0.3) is 0 Å². The van der Waals surface area contributed by atoms with Crippen LogP contribution in [0.15, 0.2) is 0 Å². The van der Waals surface area contributed by atoms with Crippen molar-refractivity contribution in [3.05, 3.63) is 0 Å². The second kappa shape index (κ2) is 7.25. The first-order chi connectivity index (χ1) is 9.22. The summed E-state index contributed by atoms with van der Waals surface area (Å²) in [5, 5.41) is 3.37. The average molecular weight is 268 g/mol. The van der Waals surface area contributed by atoms with Gasteiger partial charge in [-0.2, -0.15) is 0 Å². The fourth-order valence-electron chi connectivity index (χ4n) is 3.01. The fourth-order valence-corrected chi connectivity index (χ4v) is 3.01. The van der Waals surface area contributed by atoms with E-state index in [1.165, 1.54) is 19.3 Å². The number of rotatable bonds is 8. The quantitative estimate of drug-likeness (QED) is 0.728. The highest BCUT2D eigenvalue weighted by Crippen LogP contribution is 2.35. The predicted molar refractivity (Wildman–Crippen MR) is 76.0 cm³/mol. The van der Waals surface area contributed by atoms with E-state index in [1.54, 1.807) is 7.11 Å². The fraction of sp³-hybridized carbons (Fsp3) is 0.933. The van der Waals surface area contributed by atoms with Crippen LogP contribution < -0.4 is 5.32 Å². The van der Waals surface area contributed by atoms with Crippen molar-refractivity contribution in [3.8, 4) is 0 Å². The molecular formula is C15H28N2O2. The first kappa shape index (κ1) is 14.8. The lowest BCUT2D eigenvalue weighted by Gasteiger charge is -2.29. The lowest BCUT2D eigenvalue weighted by atomic mass is 10.0.